The second kappa shape index (κ2) is 6.61. The number of hydrogen-bond acceptors (Lipinski definition) is 2. The molecule has 0 aliphatic rings. The van der Waals surface area contributed by atoms with Crippen LogP contribution in [-0.2, 0) is 11.3 Å². The molecule has 0 bridgehead atoms. The molecule has 1 aromatic rings. The van der Waals surface area contributed by atoms with Gasteiger partial charge in [-0.1, -0.05) is 22.0 Å². The Kier molecular flexibility index (Phi) is 5.63. The molecule has 4 heteroatoms. The summed E-state index contributed by atoms with van der Waals surface area (Å²) < 4.78 is 6.50. The number of rotatable bonds is 3. The number of benzene rings is 1. The molecule has 0 aromatic heterocycles. The van der Waals surface area contributed by atoms with E-state index in [9.17, 15) is 4.79 Å². The lowest BCUT2D eigenvalue weighted by atomic mass is 10.1. The average Bonchev–Trinajstić information content (AvgIpc) is 2.27. The highest BCUT2D eigenvalue weighted by atomic mass is 79.9. The first kappa shape index (κ1) is 17.0. The van der Waals surface area contributed by atoms with Crippen molar-refractivity contribution in [3.05, 3.63) is 33.8 Å². The van der Waals surface area contributed by atoms with E-state index in [0.29, 0.717) is 6.54 Å². The van der Waals surface area contributed by atoms with Crippen LogP contribution in [-0.4, -0.2) is 22.6 Å². The van der Waals surface area contributed by atoms with Gasteiger partial charge in [0.25, 0.3) is 0 Å². The number of nitrogens with zero attached hydrogens (tertiary/aromatic N) is 1. The number of carbonyl (C=O) groups is 1. The van der Waals surface area contributed by atoms with Gasteiger partial charge in [0.05, 0.1) is 0 Å². The third kappa shape index (κ3) is 5.16. The van der Waals surface area contributed by atoms with Gasteiger partial charge in [0.2, 0.25) is 0 Å². The maximum Gasteiger partial charge on any atom is 0.410 e. The molecule has 1 amide bonds. The maximum absolute atomic E-state index is 12.3. The second-order valence-electron chi connectivity index (χ2n) is 6.27. The van der Waals surface area contributed by atoms with Crippen LogP contribution in [0, 0.1) is 6.92 Å². The van der Waals surface area contributed by atoms with E-state index >= 15 is 0 Å². The first-order valence-electron chi connectivity index (χ1n) is 6.85. The van der Waals surface area contributed by atoms with Crippen molar-refractivity contribution < 1.29 is 9.53 Å². The van der Waals surface area contributed by atoms with E-state index < -0.39 is 5.60 Å². The Bertz CT molecular complexity index is 478. The SMILES string of the molecule is Cc1ccc(Br)cc1CN(C(=O)OC(C)(C)C)C(C)C. The Morgan fingerprint density at radius 1 is 1.35 bits per heavy atom. The molecule has 1 rings (SSSR count). The fraction of sp³-hybridized carbons (Fsp3) is 0.562. The smallest absolute Gasteiger partial charge is 0.410 e. The van der Waals surface area contributed by atoms with E-state index in [1.165, 1.54) is 5.56 Å². The third-order valence-electron chi connectivity index (χ3n) is 2.90. The zero-order valence-electron chi connectivity index (χ0n) is 13.2. The van der Waals surface area contributed by atoms with E-state index in [0.717, 1.165) is 10.0 Å². The lowest BCUT2D eigenvalue weighted by Crippen LogP contribution is -2.40. The lowest BCUT2D eigenvalue weighted by molar-refractivity contribution is 0.0171. The van der Waals surface area contributed by atoms with Crippen LogP contribution in [0.15, 0.2) is 22.7 Å². The molecule has 0 aliphatic heterocycles. The van der Waals surface area contributed by atoms with Crippen LogP contribution >= 0.6 is 15.9 Å². The van der Waals surface area contributed by atoms with Gasteiger partial charge < -0.3 is 9.64 Å². The topological polar surface area (TPSA) is 29.5 Å². The Morgan fingerprint density at radius 2 is 1.95 bits per heavy atom. The van der Waals surface area contributed by atoms with Crippen LogP contribution in [0.25, 0.3) is 0 Å². The van der Waals surface area contributed by atoms with Crippen molar-refractivity contribution in [1.82, 2.24) is 4.90 Å². The Hall–Kier alpha value is -1.03. The summed E-state index contributed by atoms with van der Waals surface area (Å²) in [6.45, 7) is 12.2. The fourth-order valence-corrected chi connectivity index (χ4v) is 2.18. The first-order chi connectivity index (χ1) is 9.10. The summed E-state index contributed by atoms with van der Waals surface area (Å²) in [5.74, 6) is 0. The molecular weight excluding hydrogens is 318 g/mol. The second-order valence-corrected chi connectivity index (χ2v) is 7.19. The number of carbonyl (C=O) groups excluding carboxylic acids is 1. The molecule has 0 N–H and O–H groups in total. The summed E-state index contributed by atoms with van der Waals surface area (Å²) in [5.41, 5.74) is 1.82. The van der Waals surface area contributed by atoms with E-state index in [1.54, 1.807) is 4.90 Å². The normalized spacial score (nSPS) is 11.6. The Morgan fingerprint density at radius 3 is 2.45 bits per heavy atom. The van der Waals surface area contributed by atoms with Gasteiger partial charge in [0.1, 0.15) is 5.60 Å². The highest BCUT2D eigenvalue weighted by Gasteiger charge is 2.24. The van der Waals surface area contributed by atoms with Crippen molar-refractivity contribution >= 4 is 22.0 Å². The molecule has 0 radical (unpaired) electrons. The zero-order valence-corrected chi connectivity index (χ0v) is 14.7. The molecule has 0 saturated heterocycles. The van der Waals surface area contributed by atoms with Gasteiger partial charge in [-0.25, -0.2) is 4.79 Å². The van der Waals surface area contributed by atoms with Gasteiger partial charge >= 0.3 is 6.09 Å². The molecule has 0 saturated carbocycles. The molecular formula is C16H24BrNO2. The predicted molar refractivity (Wildman–Crippen MR) is 85.8 cm³/mol. The highest BCUT2D eigenvalue weighted by molar-refractivity contribution is 9.10. The lowest BCUT2D eigenvalue weighted by Gasteiger charge is -2.30. The quantitative estimate of drug-likeness (QED) is 0.782. The van der Waals surface area contributed by atoms with Gasteiger partial charge in [-0.3, -0.25) is 0 Å². The van der Waals surface area contributed by atoms with Crippen LogP contribution in [0.2, 0.25) is 0 Å². The Labute approximate surface area is 130 Å². The molecule has 0 heterocycles. The van der Waals surface area contributed by atoms with Crippen molar-refractivity contribution in [2.75, 3.05) is 0 Å². The first-order valence-corrected chi connectivity index (χ1v) is 7.64. The molecule has 20 heavy (non-hydrogen) atoms. The summed E-state index contributed by atoms with van der Waals surface area (Å²) in [7, 11) is 0. The molecule has 112 valence electrons. The molecule has 1 aromatic carbocycles. The molecule has 0 aliphatic carbocycles. The van der Waals surface area contributed by atoms with Crippen LogP contribution in [0.4, 0.5) is 4.79 Å². The van der Waals surface area contributed by atoms with Crippen LogP contribution in [0.5, 0.6) is 0 Å². The number of amides is 1. The molecule has 3 nitrogen and oxygen atoms in total. The van der Waals surface area contributed by atoms with Crippen LogP contribution < -0.4 is 0 Å². The summed E-state index contributed by atoms with van der Waals surface area (Å²) in [4.78, 5) is 14.0. The van der Waals surface area contributed by atoms with Crippen molar-refractivity contribution in [1.29, 1.82) is 0 Å². The third-order valence-corrected chi connectivity index (χ3v) is 3.40. The summed E-state index contributed by atoms with van der Waals surface area (Å²) >= 11 is 3.47. The van der Waals surface area contributed by atoms with Crippen LogP contribution in [0.1, 0.15) is 45.7 Å². The largest absolute Gasteiger partial charge is 0.444 e. The molecule has 0 atom stereocenters. The highest BCUT2D eigenvalue weighted by Crippen LogP contribution is 2.20. The van der Waals surface area contributed by atoms with Crippen molar-refractivity contribution in [3.63, 3.8) is 0 Å². The minimum absolute atomic E-state index is 0.0863. The number of aryl methyl sites for hydroxylation is 1. The average molecular weight is 342 g/mol. The number of ether oxygens (including phenoxy) is 1. The molecule has 0 spiro atoms. The fourth-order valence-electron chi connectivity index (χ4n) is 1.77. The minimum atomic E-state index is -0.476. The van der Waals surface area contributed by atoms with Gasteiger partial charge in [0.15, 0.2) is 0 Å². The summed E-state index contributed by atoms with van der Waals surface area (Å²) in [6, 6.07) is 6.19. The van der Waals surface area contributed by atoms with E-state index in [-0.39, 0.29) is 12.1 Å². The molecule has 0 fully saturated rings. The van der Waals surface area contributed by atoms with Gasteiger partial charge in [-0.05, 0) is 64.8 Å². The monoisotopic (exact) mass is 341 g/mol. The maximum atomic E-state index is 12.3. The Balaban J connectivity index is 2.93. The van der Waals surface area contributed by atoms with Gasteiger partial charge in [0, 0.05) is 17.1 Å². The number of halogens is 1. The van der Waals surface area contributed by atoms with Gasteiger partial charge in [-0.2, -0.15) is 0 Å². The van der Waals surface area contributed by atoms with Gasteiger partial charge in [-0.15, -0.1) is 0 Å². The summed E-state index contributed by atoms with van der Waals surface area (Å²) in [5, 5.41) is 0. The standard InChI is InChI=1S/C16H24BrNO2/c1-11(2)18(15(19)20-16(4,5)6)10-13-9-14(17)8-7-12(13)3/h7-9,11H,10H2,1-6H3. The minimum Gasteiger partial charge on any atom is -0.444 e. The van der Waals surface area contributed by atoms with Crippen LogP contribution in [0.3, 0.4) is 0 Å². The molecule has 0 unspecified atom stereocenters. The van der Waals surface area contributed by atoms with Crippen molar-refractivity contribution in [2.24, 2.45) is 0 Å². The van der Waals surface area contributed by atoms with E-state index in [1.807, 2.05) is 46.8 Å². The van der Waals surface area contributed by atoms with Crippen molar-refractivity contribution in [3.8, 4) is 0 Å². The zero-order chi connectivity index (χ0) is 15.5. The predicted octanol–water partition coefficient (Wildman–Crippen LogP) is 4.90. The number of hydrogen-bond donors (Lipinski definition) is 0. The van der Waals surface area contributed by atoms with E-state index in [4.69, 9.17) is 4.74 Å². The van der Waals surface area contributed by atoms with Crippen molar-refractivity contribution in [2.45, 2.75) is 59.7 Å². The van der Waals surface area contributed by atoms with E-state index in [2.05, 4.69) is 28.9 Å². The summed E-state index contributed by atoms with van der Waals surface area (Å²) in [6.07, 6.45) is -0.271.